The van der Waals surface area contributed by atoms with Crippen LogP contribution in [0.1, 0.15) is 41.8 Å². The molecule has 2 heterocycles. The second-order valence-corrected chi connectivity index (χ2v) is 9.63. The Morgan fingerprint density at radius 2 is 2.12 bits per heavy atom. The highest BCUT2D eigenvalue weighted by Gasteiger charge is 2.24. The topological polar surface area (TPSA) is 93.9 Å². The van der Waals surface area contributed by atoms with E-state index in [4.69, 9.17) is 11.6 Å². The van der Waals surface area contributed by atoms with Gasteiger partial charge in [-0.15, -0.1) is 11.3 Å². The number of amides is 1. The monoisotopic (exact) mass is 390 g/mol. The Labute approximate surface area is 150 Å². The fourth-order valence-electron chi connectivity index (χ4n) is 1.98. The number of hydrogen-bond acceptors (Lipinski definition) is 6. The predicted molar refractivity (Wildman–Crippen MR) is 93.2 cm³/mol. The number of carbonyl (C=O) groups is 1. The van der Waals surface area contributed by atoms with Gasteiger partial charge in [0.1, 0.15) is 5.69 Å². The number of sulfone groups is 1. The van der Waals surface area contributed by atoms with Crippen LogP contribution < -0.4 is 5.32 Å². The molecule has 132 valence electrons. The maximum Gasteiger partial charge on any atom is 0.271 e. The highest BCUT2D eigenvalue weighted by atomic mass is 35.5. The Hall–Kier alpha value is -1.45. The molecule has 1 N–H and O–H groups in total. The molecule has 0 unspecified atom stereocenters. The minimum atomic E-state index is -3.40. The van der Waals surface area contributed by atoms with Crippen molar-refractivity contribution in [1.82, 2.24) is 20.1 Å². The third-order valence-corrected chi connectivity index (χ3v) is 7.39. The number of aryl methyl sites for hydroxylation is 2. The van der Waals surface area contributed by atoms with E-state index >= 15 is 0 Å². The van der Waals surface area contributed by atoms with Crippen molar-refractivity contribution in [3.63, 3.8) is 0 Å². The Morgan fingerprint density at radius 1 is 1.46 bits per heavy atom. The van der Waals surface area contributed by atoms with Gasteiger partial charge < -0.3 is 5.32 Å². The first-order valence-corrected chi connectivity index (χ1v) is 10.1. The molecule has 0 saturated carbocycles. The van der Waals surface area contributed by atoms with Crippen LogP contribution in [0.25, 0.3) is 0 Å². The van der Waals surface area contributed by atoms with E-state index in [1.807, 2.05) is 6.92 Å². The summed E-state index contributed by atoms with van der Waals surface area (Å²) in [5.41, 5.74) is 0.945. The summed E-state index contributed by atoms with van der Waals surface area (Å²) in [6.45, 7) is 5.29. The summed E-state index contributed by atoms with van der Waals surface area (Å²) in [5.74, 6) is -0.364. The first kappa shape index (κ1) is 18.9. The molecule has 0 saturated heterocycles. The van der Waals surface area contributed by atoms with Crippen LogP contribution in [0, 0.1) is 0 Å². The van der Waals surface area contributed by atoms with Crippen molar-refractivity contribution >= 4 is 38.7 Å². The minimum absolute atomic E-state index is 0.0635. The van der Waals surface area contributed by atoms with E-state index in [1.165, 1.54) is 10.9 Å². The molecule has 0 aromatic carbocycles. The van der Waals surface area contributed by atoms with Crippen molar-refractivity contribution < 1.29 is 13.2 Å². The van der Waals surface area contributed by atoms with Crippen LogP contribution in [-0.4, -0.2) is 34.3 Å². The quantitative estimate of drug-likeness (QED) is 0.815. The van der Waals surface area contributed by atoms with Crippen LogP contribution in [0.15, 0.2) is 10.5 Å². The Kier molecular flexibility index (Phi) is 5.67. The molecule has 2 aromatic rings. The number of rotatable bonds is 6. The number of carbonyl (C=O) groups excluding carboxylic acids is 1. The van der Waals surface area contributed by atoms with Crippen molar-refractivity contribution in [2.45, 2.75) is 43.3 Å². The van der Waals surface area contributed by atoms with Crippen LogP contribution in [0.4, 0.5) is 0 Å². The zero-order chi connectivity index (χ0) is 18.1. The molecule has 0 bridgehead atoms. The second-order valence-electron chi connectivity index (χ2n) is 5.46. The average Bonchev–Trinajstić information content (AvgIpc) is 3.09. The van der Waals surface area contributed by atoms with E-state index in [-0.39, 0.29) is 22.5 Å². The number of nitrogens with one attached hydrogen (secondary N) is 1. The van der Waals surface area contributed by atoms with Crippen molar-refractivity contribution in [3.8, 4) is 0 Å². The lowest BCUT2D eigenvalue weighted by atomic mass is 10.3. The molecule has 2 rings (SSSR count). The van der Waals surface area contributed by atoms with Crippen molar-refractivity contribution in [2.75, 3.05) is 0 Å². The van der Waals surface area contributed by atoms with Gasteiger partial charge >= 0.3 is 0 Å². The van der Waals surface area contributed by atoms with Gasteiger partial charge in [0, 0.05) is 18.1 Å². The lowest BCUT2D eigenvalue weighted by molar-refractivity contribution is 0.0942. The standard InChI is InChI=1S/C14H19ClN4O3S2/c1-5-10-11(15)12(19(4)18-10)13(20)16-6-9-7-17-14(23-9)24(21,22)8(2)3/h7-8H,5-6H2,1-4H3,(H,16,20). The predicted octanol–water partition coefficient (Wildman–Crippen LogP) is 2.20. The smallest absolute Gasteiger partial charge is 0.271 e. The molecule has 10 heteroatoms. The van der Waals surface area contributed by atoms with Crippen LogP contribution in [0.3, 0.4) is 0 Å². The van der Waals surface area contributed by atoms with Crippen LogP contribution >= 0.6 is 22.9 Å². The van der Waals surface area contributed by atoms with Gasteiger partial charge in [0.2, 0.25) is 14.2 Å². The molecular weight excluding hydrogens is 372 g/mol. The molecule has 24 heavy (non-hydrogen) atoms. The molecule has 0 spiro atoms. The second kappa shape index (κ2) is 7.20. The fourth-order valence-corrected chi connectivity index (χ4v) is 4.91. The van der Waals surface area contributed by atoms with Gasteiger partial charge in [-0.2, -0.15) is 5.10 Å². The molecule has 7 nitrogen and oxygen atoms in total. The number of nitrogens with zero attached hydrogens (tertiary/aromatic N) is 3. The molecule has 0 radical (unpaired) electrons. The van der Waals surface area contributed by atoms with E-state index in [0.29, 0.717) is 22.0 Å². The van der Waals surface area contributed by atoms with Crippen LogP contribution in [0.2, 0.25) is 5.02 Å². The highest BCUT2D eigenvalue weighted by Crippen LogP contribution is 2.23. The SMILES string of the molecule is CCc1nn(C)c(C(=O)NCc2cnc(S(=O)(=O)C(C)C)s2)c1Cl. The number of halogens is 1. The Bertz CT molecular complexity index is 855. The number of thiazole rings is 1. The van der Waals surface area contributed by atoms with E-state index in [2.05, 4.69) is 15.4 Å². The molecule has 0 atom stereocenters. The maximum absolute atomic E-state index is 12.3. The first-order valence-electron chi connectivity index (χ1n) is 7.36. The van der Waals surface area contributed by atoms with E-state index in [9.17, 15) is 13.2 Å². The van der Waals surface area contributed by atoms with Crippen molar-refractivity contribution in [3.05, 3.63) is 27.5 Å². The van der Waals surface area contributed by atoms with Gasteiger partial charge in [-0.25, -0.2) is 13.4 Å². The van der Waals surface area contributed by atoms with Gasteiger partial charge in [-0.3, -0.25) is 9.48 Å². The average molecular weight is 391 g/mol. The molecule has 2 aromatic heterocycles. The summed E-state index contributed by atoms with van der Waals surface area (Å²) in [6, 6.07) is 0. The van der Waals surface area contributed by atoms with Gasteiger partial charge in [-0.05, 0) is 20.3 Å². The third kappa shape index (κ3) is 3.62. The Balaban J connectivity index is 2.11. The molecule has 1 amide bonds. The lowest BCUT2D eigenvalue weighted by Crippen LogP contribution is -2.25. The first-order chi connectivity index (χ1) is 11.2. The summed E-state index contributed by atoms with van der Waals surface area (Å²) in [7, 11) is -1.75. The lowest BCUT2D eigenvalue weighted by Gasteiger charge is -2.04. The van der Waals surface area contributed by atoms with Crippen molar-refractivity contribution in [1.29, 1.82) is 0 Å². The summed E-state index contributed by atoms with van der Waals surface area (Å²) in [4.78, 5) is 16.9. The van der Waals surface area contributed by atoms with Crippen LogP contribution in [0.5, 0.6) is 0 Å². The van der Waals surface area contributed by atoms with E-state index < -0.39 is 15.1 Å². The fraction of sp³-hybridized carbons (Fsp3) is 0.500. The van der Waals surface area contributed by atoms with E-state index in [0.717, 1.165) is 11.3 Å². The minimum Gasteiger partial charge on any atom is -0.346 e. The van der Waals surface area contributed by atoms with Gasteiger partial charge in [0.05, 0.1) is 22.5 Å². The van der Waals surface area contributed by atoms with E-state index in [1.54, 1.807) is 20.9 Å². The van der Waals surface area contributed by atoms with Crippen molar-refractivity contribution in [2.24, 2.45) is 7.05 Å². The molecule has 0 fully saturated rings. The molecule has 0 aliphatic heterocycles. The molecule has 0 aliphatic carbocycles. The summed E-state index contributed by atoms with van der Waals surface area (Å²) in [5, 5.41) is 6.72. The highest BCUT2D eigenvalue weighted by molar-refractivity contribution is 7.93. The number of hydrogen-bond donors (Lipinski definition) is 1. The zero-order valence-corrected chi connectivity index (χ0v) is 16.2. The van der Waals surface area contributed by atoms with Gasteiger partial charge in [0.25, 0.3) is 5.91 Å². The third-order valence-electron chi connectivity index (χ3n) is 3.43. The summed E-state index contributed by atoms with van der Waals surface area (Å²) < 4.78 is 25.6. The zero-order valence-electron chi connectivity index (χ0n) is 13.8. The van der Waals surface area contributed by atoms with Gasteiger partial charge in [-0.1, -0.05) is 18.5 Å². The summed E-state index contributed by atoms with van der Waals surface area (Å²) in [6.07, 6.45) is 2.09. The largest absolute Gasteiger partial charge is 0.346 e. The van der Waals surface area contributed by atoms with Gasteiger partial charge in [0.15, 0.2) is 0 Å². The number of aromatic nitrogens is 3. The maximum atomic E-state index is 12.3. The summed E-state index contributed by atoms with van der Waals surface area (Å²) >= 11 is 7.23. The van der Waals surface area contributed by atoms with Crippen LogP contribution in [-0.2, 0) is 29.9 Å². The molecule has 0 aliphatic rings. The Morgan fingerprint density at radius 3 is 2.67 bits per heavy atom. The molecular formula is C14H19ClN4O3S2. The normalized spacial score (nSPS) is 11.9.